The summed E-state index contributed by atoms with van der Waals surface area (Å²) in [7, 11) is 0. The van der Waals surface area contributed by atoms with Gasteiger partial charge in [-0.25, -0.2) is 4.79 Å². The van der Waals surface area contributed by atoms with E-state index in [-0.39, 0.29) is 12.6 Å². The zero-order valence-electron chi connectivity index (χ0n) is 13.9. The molecule has 3 aromatic rings. The van der Waals surface area contributed by atoms with Gasteiger partial charge >= 0.3 is 11.9 Å². The van der Waals surface area contributed by atoms with Crippen molar-refractivity contribution in [2.24, 2.45) is 0 Å². The first-order valence-electron chi connectivity index (χ1n) is 8.35. The average molecular weight is 334 g/mol. The van der Waals surface area contributed by atoms with Gasteiger partial charge in [0.1, 0.15) is 0 Å². The van der Waals surface area contributed by atoms with Crippen LogP contribution in [0.2, 0.25) is 0 Å². The summed E-state index contributed by atoms with van der Waals surface area (Å²) in [4.78, 5) is 29.7. The molecule has 0 spiro atoms. The summed E-state index contributed by atoms with van der Waals surface area (Å²) in [6.45, 7) is 1.87. The lowest BCUT2D eigenvalue weighted by molar-refractivity contribution is -0.153. The van der Waals surface area contributed by atoms with E-state index in [2.05, 4.69) is 4.98 Å². The van der Waals surface area contributed by atoms with Crippen LogP contribution in [0.3, 0.4) is 0 Å². The zero-order chi connectivity index (χ0) is 17.4. The Morgan fingerprint density at radius 2 is 1.92 bits per heavy atom. The van der Waals surface area contributed by atoms with Gasteiger partial charge < -0.3 is 9.72 Å². The lowest BCUT2D eigenvalue weighted by atomic mass is 10.0. The number of aromatic amines is 1. The molecule has 0 saturated heterocycles. The third-order valence-corrected chi connectivity index (χ3v) is 4.63. The molecule has 5 heteroatoms. The number of para-hydroxylation sites is 2. The number of fused-ring (bicyclic) bond motifs is 2. The summed E-state index contributed by atoms with van der Waals surface area (Å²) in [5, 5.41) is 1.06. The number of benzene rings is 2. The van der Waals surface area contributed by atoms with Gasteiger partial charge in [-0.15, -0.1) is 0 Å². The summed E-state index contributed by atoms with van der Waals surface area (Å²) >= 11 is 0. The van der Waals surface area contributed by atoms with Crippen molar-refractivity contribution in [3.8, 4) is 0 Å². The van der Waals surface area contributed by atoms with E-state index in [9.17, 15) is 9.59 Å². The van der Waals surface area contributed by atoms with Gasteiger partial charge in [0.15, 0.2) is 0 Å². The maximum atomic E-state index is 12.8. The Morgan fingerprint density at radius 3 is 2.76 bits per heavy atom. The first-order chi connectivity index (χ1) is 12.2. The Bertz CT molecular complexity index is 960. The number of aromatic nitrogens is 1. The number of H-pyrrole nitrogens is 1. The topological polar surface area (TPSA) is 62.4 Å². The molecule has 1 amide bonds. The molecule has 0 radical (unpaired) electrons. The lowest BCUT2D eigenvalue weighted by Crippen LogP contribution is -2.38. The minimum atomic E-state index is -0.816. The van der Waals surface area contributed by atoms with Gasteiger partial charge in [0.25, 0.3) is 0 Å². The highest BCUT2D eigenvalue weighted by Crippen LogP contribution is 2.42. The van der Waals surface area contributed by atoms with Crippen molar-refractivity contribution in [2.45, 2.75) is 19.4 Å². The van der Waals surface area contributed by atoms with Gasteiger partial charge in [0, 0.05) is 28.4 Å². The number of amides is 1. The quantitative estimate of drug-likeness (QED) is 0.577. The molecule has 1 aliphatic heterocycles. The van der Waals surface area contributed by atoms with Crippen molar-refractivity contribution in [1.82, 2.24) is 4.98 Å². The molecule has 25 heavy (non-hydrogen) atoms. The third-order valence-electron chi connectivity index (χ3n) is 4.63. The summed E-state index contributed by atoms with van der Waals surface area (Å²) in [6.07, 6.45) is 2.59. The summed E-state index contributed by atoms with van der Waals surface area (Å²) in [6, 6.07) is 15.4. The fourth-order valence-corrected chi connectivity index (χ4v) is 3.55. The van der Waals surface area contributed by atoms with Gasteiger partial charge in [-0.1, -0.05) is 36.4 Å². The molecule has 4 rings (SSSR count). The zero-order valence-corrected chi connectivity index (χ0v) is 13.9. The molecule has 1 aromatic heterocycles. The second-order valence-corrected chi connectivity index (χ2v) is 6.03. The minimum Gasteiger partial charge on any atom is -0.459 e. The van der Waals surface area contributed by atoms with E-state index in [1.165, 1.54) is 0 Å². The van der Waals surface area contributed by atoms with Crippen molar-refractivity contribution >= 4 is 28.5 Å². The van der Waals surface area contributed by atoms with E-state index in [1.807, 2.05) is 54.7 Å². The fourth-order valence-electron chi connectivity index (χ4n) is 3.55. The molecule has 0 aliphatic carbocycles. The van der Waals surface area contributed by atoms with E-state index >= 15 is 0 Å². The molecule has 1 N–H and O–H groups in total. The van der Waals surface area contributed by atoms with Crippen LogP contribution in [0, 0.1) is 0 Å². The molecule has 126 valence electrons. The maximum Gasteiger partial charge on any atom is 0.397 e. The van der Waals surface area contributed by atoms with Crippen LogP contribution in [0.25, 0.3) is 10.9 Å². The summed E-state index contributed by atoms with van der Waals surface area (Å²) in [5.41, 5.74) is 3.84. The van der Waals surface area contributed by atoms with Crippen LogP contribution in [-0.2, 0) is 20.7 Å². The predicted octanol–water partition coefficient (Wildman–Crippen LogP) is 3.36. The summed E-state index contributed by atoms with van der Waals surface area (Å²) < 4.78 is 4.95. The average Bonchev–Trinajstić information content (AvgIpc) is 3.22. The maximum absolute atomic E-state index is 12.8. The second kappa shape index (κ2) is 6.09. The Balaban J connectivity index is 1.81. The molecule has 2 heterocycles. The van der Waals surface area contributed by atoms with E-state index in [1.54, 1.807) is 11.8 Å². The molecular weight excluding hydrogens is 316 g/mol. The van der Waals surface area contributed by atoms with Crippen LogP contribution in [0.15, 0.2) is 54.7 Å². The van der Waals surface area contributed by atoms with Crippen molar-refractivity contribution in [2.75, 3.05) is 11.5 Å². The molecule has 0 fully saturated rings. The second-order valence-electron chi connectivity index (χ2n) is 6.03. The number of carbonyl (C=O) groups excluding carboxylic acids is 2. The van der Waals surface area contributed by atoms with Gasteiger partial charge in [0.2, 0.25) is 0 Å². The third kappa shape index (κ3) is 2.48. The highest BCUT2D eigenvalue weighted by molar-refractivity contribution is 6.38. The van der Waals surface area contributed by atoms with Crippen LogP contribution < -0.4 is 4.90 Å². The molecule has 1 atom stereocenters. The molecular formula is C20H18N2O3. The van der Waals surface area contributed by atoms with Crippen molar-refractivity contribution in [1.29, 1.82) is 0 Å². The number of carbonyl (C=O) groups is 2. The van der Waals surface area contributed by atoms with E-state index in [0.29, 0.717) is 6.42 Å². The summed E-state index contributed by atoms with van der Waals surface area (Å²) in [5.74, 6) is -1.44. The Labute approximate surface area is 145 Å². The van der Waals surface area contributed by atoms with E-state index in [4.69, 9.17) is 4.74 Å². The SMILES string of the molecule is CCOC(=O)C(=O)N1c2ccccc2C[C@@H]1c1c[nH]c2ccccc12. The number of hydrogen-bond acceptors (Lipinski definition) is 3. The fraction of sp³-hybridized carbons (Fsp3) is 0.200. The first kappa shape index (κ1) is 15.4. The van der Waals surface area contributed by atoms with E-state index < -0.39 is 11.9 Å². The number of ether oxygens (including phenoxy) is 1. The molecule has 5 nitrogen and oxygen atoms in total. The molecule has 0 unspecified atom stereocenters. The van der Waals surface area contributed by atoms with Crippen LogP contribution in [0.1, 0.15) is 24.1 Å². The van der Waals surface area contributed by atoms with Crippen LogP contribution in [-0.4, -0.2) is 23.5 Å². The number of anilines is 1. The highest BCUT2D eigenvalue weighted by Gasteiger charge is 2.39. The highest BCUT2D eigenvalue weighted by atomic mass is 16.5. The lowest BCUT2D eigenvalue weighted by Gasteiger charge is -2.24. The minimum absolute atomic E-state index is 0.178. The Morgan fingerprint density at radius 1 is 1.16 bits per heavy atom. The van der Waals surface area contributed by atoms with Gasteiger partial charge in [-0.2, -0.15) is 0 Å². The van der Waals surface area contributed by atoms with Crippen LogP contribution >= 0.6 is 0 Å². The normalized spacial score (nSPS) is 16.0. The monoisotopic (exact) mass is 334 g/mol. The predicted molar refractivity (Wildman–Crippen MR) is 95.3 cm³/mol. The van der Waals surface area contributed by atoms with Gasteiger partial charge in [-0.05, 0) is 31.0 Å². The first-order valence-corrected chi connectivity index (χ1v) is 8.35. The van der Waals surface area contributed by atoms with Crippen molar-refractivity contribution in [3.63, 3.8) is 0 Å². The van der Waals surface area contributed by atoms with Gasteiger partial charge in [0.05, 0.1) is 12.6 Å². The number of nitrogens with zero attached hydrogens (tertiary/aromatic N) is 1. The van der Waals surface area contributed by atoms with Crippen LogP contribution in [0.5, 0.6) is 0 Å². The number of esters is 1. The largest absolute Gasteiger partial charge is 0.459 e. The molecule has 0 saturated carbocycles. The Hall–Kier alpha value is -3.08. The van der Waals surface area contributed by atoms with E-state index in [0.717, 1.165) is 27.7 Å². The van der Waals surface area contributed by atoms with Crippen molar-refractivity contribution < 1.29 is 14.3 Å². The standard InChI is InChI=1S/C20H18N2O3/c1-2-25-20(24)19(23)22-17-10-6-3-7-13(17)11-18(22)15-12-21-16-9-5-4-8-14(15)16/h3-10,12,18,21H,2,11H2,1H3/t18-/m1/s1. The van der Waals surface area contributed by atoms with Crippen molar-refractivity contribution in [3.05, 3.63) is 65.9 Å². The Kier molecular flexibility index (Phi) is 3.76. The molecule has 1 aliphatic rings. The molecule has 2 aromatic carbocycles. The van der Waals surface area contributed by atoms with Crippen LogP contribution in [0.4, 0.5) is 5.69 Å². The number of rotatable bonds is 2. The molecule has 0 bridgehead atoms. The number of nitrogens with one attached hydrogen (secondary N) is 1. The smallest absolute Gasteiger partial charge is 0.397 e. The van der Waals surface area contributed by atoms with Gasteiger partial charge in [-0.3, -0.25) is 9.69 Å². The number of hydrogen-bond donors (Lipinski definition) is 1.